The largest absolute Gasteiger partial charge is 0.469 e. The molecule has 1 aromatic heterocycles. The predicted molar refractivity (Wildman–Crippen MR) is 70.9 cm³/mol. The van der Waals surface area contributed by atoms with Gasteiger partial charge in [-0.15, -0.1) is 0 Å². The highest BCUT2D eigenvalue weighted by molar-refractivity contribution is 6.28. The molecule has 1 rings (SSSR count). The van der Waals surface area contributed by atoms with Gasteiger partial charge in [0.15, 0.2) is 0 Å². The van der Waals surface area contributed by atoms with Crippen molar-refractivity contribution < 1.29 is 9.53 Å². The SMILES string of the molecule is COC(=O)CCNc1cc(C(C)(C)C)nc(Cl)n1. The van der Waals surface area contributed by atoms with Crippen molar-refractivity contribution in [3.05, 3.63) is 17.0 Å². The summed E-state index contributed by atoms with van der Waals surface area (Å²) in [5.74, 6) is 0.350. The van der Waals surface area contributed by atoms with Crippen LogP contribution in [0.15, 0.2) is 6.07 Å². The maximum atomic E-state index is 11.0. The summed E-state index contributed by atoms with van der Waals surface area (Å²) >= 11 is 5.87. The van der Waals surface area contributed by atoms with Crippen LogP contribution in [0.5, 0.6) is 0 Å². The van der Waals surface area contributed by atoms with Crippen molar-refractivity contribution in [3.63, 3.8) is 0 Å². The molecule has 0 bridgehead atoms. The van der Waals surface area contributed by atoms with Crippen LogP contribution in [0, 0.1) is 0 Å². The maximum absolute atomic E-state index is 11.0. The summed E-state index contributed by atoms with van der Waals surface area (Å²) in [5, 5.41) is 3.22. The fraction of sp³-hybridized carbons (Fsp3) is 0.583. The third kappa shape index (κ3) is 4.49. The quantitative estimate of drug-likeness (QED) is 0.673. The number of ether oxygens (including phenoxy) is 1. The Kier molecular flexibility index (Phi) is 4.90. The Hall–Kier alpha value is -1.36. The van der Waals surface area contributed by atoms with E-state index < -0.39 is 0 Å². The van der Waals surface area contributed by atoms with Gasteiger partial charge >= 0.3 is 5.97 Å². The minimum absolute atomic E-state index is 0.106. The summed E-state index contributed by atoms with van der Waals surface area (Å²) in [7, 11) is 1.36. The Labute approximate surface area is 112 Å². The maximum Gasteiger partial charge on any atom is 0.307 e. The van der Waals surface area contributed by atoms with E-state index in [1.54, 1.807) is 0 Å². The van der Waals surface area contributed by atoms with Crippen molar-refractivity contribution in [3.8, 4) is 0 Å². The van der Waals surface area contributed by atoms with Gasteiger partial charge in [0.25, 0.3) is 0 Å². The summed E-state index contributed by atoms with van der Waals surface area (Å²) in [5.41, 5.74) is 0.744. The monoisotopic (exact) mass is 271 g/mol. The molecule has 0 saturated carbocycles. The van der Waals surface area contributed by atoms with Gasteiger partial charge in [0.2, 0.25) is 5.28 Å². The number of rotatable bonds is 4. The fourth-order valence-electron chi connectivity index (χ4n) is 1.29. The second-order valence-electron chi connectivity index (χ2n) is 4.91. The van der Waals surface area contributed by atoms with E-state index >= 15 is 0 Å². The molecule has 0 atom stereocenters. The number of nitrogens with zero attached hydrogens (tertiary/aromatic N) is 2. The second kappa shape index (κ2) is 6.00. The number of hydrogen-bond donors (Lipinski definition) is 1. The molecule has 5 nitrogen and oxygen atoms in total. The standard InChI is InChI=1S/C12H18ClN3O2/c1-12(2,3)8-7-9(16-11(13)15-8)14-6-5-10(17)18-4/h7H,5-6H2,1-4H3,(H,14,15,16). The first kappa shape index (κ1) is 14.7. The van der Waals surface area contributed by atoms with Crippen LogP contribution in [0.4, 0.5) is 5.82 Å². The molecule has 0 aromatic carbocycles. The zero-order chi connectivity index (χ0) is 13.8. The molecule has 0 unspecified atom stereocenters. The fourth-order valence-corrected chi connectivity index (χ4v) is 1.47. The van der Waals surface area contributed by atoms with Crippen molar-refractivity contribution in [2.45, 2.75) is 32.6 Å². The Morgan fingerprint density at radius 3 is 2.67 bits per heavy atom. The summed E-state index contributed by atoms with van der Waals surface area (Å²) in [6.07, 6.45) is 0.281. The minimum atomic E-state index is -0.265. The molecule has 0 radical (unpaired) electrons. The molecule has 0 aliphatic carbocycles. The Morgan fingerprint density at radius 2 is 2.11 bits per heavy atom. The van der Waals surface area contributed by atoms with Crippen LogP contribution in [0.3, 0.4) is 0 Å². The lowest BCUT2D eigenvalue weighted by atomic mass is 9.92. The molecule has 100 valence electrons. The summed E-state index contributed by atoms with van der Waals surface area (Å²) in [6, 6.07) is 1.84. The summed E-state index contributed by atoms with van der Waals surface area (Å²) in [4.78, 5) is 19.2. The van der Waals surface area contributed by atoms with Crippen molar-refractivity contribution in [2.24, 2.45) is 0 Å². The molecule has 0 saturated heterocycles. The van der Waals surface area contributed by atoms with Crippen molar-refractivity contribution >= 4 is 23.4 Å². The van der Waals surface area contributed by atoms with Gasteiger partial charge in [0.1, 0.15) is 5.82 Å². The van der Waals surface area contributed by atoms with E-state index in [1.165, 1.54) is 7.11 Å². The molecule has 0 amide bonds. The highest BCUT2D eigenvalue weighted by Crippen LogP contribution is 2.23. The van der Waals surface area contributed by atoms with E-state index in [2.05, 4.69) is 20.0 Å². The zero-order valence-electron chi connectivity index (χ0n) is 11.1. The number of esters is 1. The number of aromatic nitrogens is 2. The van der Waals surface area contributed by atoms with E-state index in [4.69, 9.17) is 11.6 Å². The molecule has 0 aliphatic heterocycles. The number of hydrogen-bond acceptors (Lipinski definition) is 5. The minimum Gasteiger partial charge on any atom is -0.469 e. The molecular weight excluding hydrogens is 254 g/mol. The van der Waals surface area contributed by atoms with Crippen LogP contribution in [-0.4, -0.2) is 29.6 Å². The molecular formula is C12H18ClN3O2. The number of methoxy groups -OCH3 is 1. The molecule has 1 N–H and O–H groups in total. The van der Waals surface area contributed by atoms with Crippen LogP contribution >= 0.6 is 11.6 Å². The van der Waals surface area contributed by atoms with Crippen LogP contribution < -0.4 is 5.32 Å². The number of halogens is 1. The Morgan fingerprint density at radius 1 is 1.44 bits per heavy atom. The van der Waals surface area contributed by atoms with Gasteiger partial charge in [-0.2, -0.15) is 0 Å². The molecule has 1 aromatic rings. The van der Waals surface area contributed by atoms with Crippen LogP contribution in [0.25, 0.3) is 0 Å². The van der Waals surface area contributed by atoms with E-state index in [9.17, 15) is 4.79 Å². The van der Waals surface area contributed by atoms with Gasteiger partial charge in [-0.3, -0.25) is 4.79 Å². The first-order valence-electron chi connectivity index (χ1n) is 5.68. The smallest absolute Gasteiger partial charge is 0.307 e. The van der Waals surface area contributed by atoms with E-state index in [0.29, 0.717) is 12.4 Å². The second-order valence-corrected chi connectivity index (χ2v) is 5.25. The van der Waals surface area contributed by atoms with Gasteiger partial charge in [-0.25, -0.2) is 9.97 Å². The molecule has 1 heterocycles. The van der Waals surface area contributed by atoms with E-state index in [1.807, 2.05) is 26.8 Å². The number of carbonyl (C=O) groups is 1. The lowest BCUT2D eigenvalue weighted by Crippen LogP contribution is -2.16. The normalized spacial score (nSPS) is 11.2. The topological polar surface area (TPSA) is 64.1 Å². The number of nitrogens with one attached hydrogen (secondary N) is 1. The lowest BCUT2D eigenvalue weighted by Gasteiger charge is -2.18. The molecule has 6 heteroatoms. The molecule has 0 fully saturated rings. The van der Waals surface area contributed by atoms with Gasteiger partial charge in [-0.05, 0) is 11.6 Å². The zero-order valence-corrected chi connectivity index (χ0v) is 11.8. The number of carbonyl (C=O) groups excluding carboxylic acids is 1. The predicted octanol–water partition coefficient (Wildman–Crippen LogP) is 2.40. The molecule has 18 heavy (non-hydrogen) atoms. The van der Waals surface area contributed by atoms with E-state index in [0.717, 1.165) is 5.69 Å². The highest BCUT2D eigenvalue weighted by atomic mass is 35.5. The third-order valence-corrected chi connectivity index (χ3v) is 2.50. The number of anilines is 1. The van der Waals surface area contributed by atoms with Crippen LogP contribution in [-0.2, 0) is 14.9 Å². The lowest BCUT2D eigenvalue weighted by molar-refractivity contribution is -0.140. The highest BCUT2D eigenvalue weighted by Gasteiger charge is 2.17. The molecule has 0 aliphatic rings. The van der Waals surface area contributed by atoms with Gasteiger partial charge in [0, 0.05) is 18.0 Å². The first-order valence-corrected chi connectivity index (χ1v) is 6.06. The molecule has 0 spiro atoms. The average Bonchev–Trinajstić information content (AvgIpc) is 2.27. The van der Waals surface area contributed by atoms with Gasteiger partial charge in [-0.1, -0.05) is 20.8 Å². The third-order valence-electron chi connectivity index (χ3n) is 2.33. The van der Waals surface area contributed by atoms with Gasteiger partial charge in [0.05, 0.1) is 19.2 Å². The first-order chi connectivity index (χ1) is 8.32. The Bertz CT molecular complexity index is 430. The average molecular weight is 272 g/mol. The summed E-state index contributed by atoms with van der Waals surface area (Å²) in [6.45, 7) is 6.58. The van der Waals surface area contributed by atoms with Crippen molar-refractivity contribution in [2.75, 3.05) is 19.0 Å². The van der Waals surface area contributed by atoms with Crippen LogP contribution in [0.1, 0.15) is 32.9 Å². The van der Waals surface area contributed by atoms with Crippen molar-refractivity contribution in [1.82, 2.24) is 9.97 Å². The van der Waals surface area contributed by atoms with E-state index in [-0.39, 0.29) is 23.1 Å². The van der Waals surface area contributed by atoms with Crippen LogP contribution in [0.2, 0.25) is 5.28 Å². The van der Waals surface area contributed by atoms with Crippen molar-refractivity contribution in [1.29, 1.82) is 0 Å². The summed E-state index contributed by atoms with van der Waals surface area (Å²) < 4.78 is 4.55. The Balaban J connectivity index is 2.72. The van der Waals surface area contributed by atoms with Gasteiger partial charge < -0.3 is 10.1 Å².